The zero-order chi connectivity index (χ0) is 43.0. The quantitative estimate of drug-likeness (QED) is 0.0976. The van der Waals surface area contributed by atoms with Crippen LogP contribution in [-0.2, 0) is 11.2 Å². The molecule has 0 bridgehead atoms. The molecule has 0 saturated heterocycles. The van der Waals surface area contributed by atoms with Crippen LogP contribution in [-0.4, -0.2) is 23.1 Å². The van der Waals surface area contributed by atoms with Gasteiger partial charge in [0.15, 0.2) is 46.4 Å². The first-order chi connectivity index (χ1) is 29.5. The number of ketones is 4. The van der Waals surface area contributed by atoms with Gasteiger partial charge >= 0.3 is 0 Å². The van der Waals surface area contributed by atoms with Gasteiger partial charge in [-0.05, 0) is 122 Å². The second-order valence-corrected chi connectivity index (χ2v) is 20.8. The summed E-state index contributed by atoms with van der Waals surface area (Å²) in [5, 5.41) is 1.28. The Labute approximate surface area is 364 Å². The topological polar surface area (TPSA) is 86.7 Å². The van der Waals surface area contributed by atoms with Crippen molar-refractivity contribution in [2.75, 3.05) is 0 Å². The number of ether oxygens (including phenoxy) is 2. The zero-order valence-corrected chi connectivity index (χ0v) is 35.8. The summed E-state index contributed by atoms with van der Waals surface area (Å²) in [4.78, 5) is 59.4. The molecule has 2 aliphatic heterocycles. The SMILES string of the molecule is CC1(C)Oc2cc(C=C3C(=O)c4cc5cc(F)c(F)cc5cc4C3=O)sc2-c2sc3c4c(sc3c21)-c1sc(C=C2C(=O)c3cc5cc(F)c(F)cc5cc3C2=O)cc1OC4(C)C. The molecule has 12 rings (SSSR count). The maximum Gasteiger partial charge on any atom is 0.197 e. The molecule has 8 aromatic rings. The highest BCUT2D eigenvalue weighted by molar-refractivity contribution is 7.34. The van der Waals surface area contributed by atoms with E-state index in [0.29, 0.717) is 42.8 Å². The summed E-state index contributed by atoms with van der Waals surface area (Å²) in [7, 11) is 0. The number of rotatable bonds is 2. The van der Waals surface area contributed by atoms with Crippen LogP contribution in [0, 0.1) is 23.3 Å². The van der Waals surface area contributed by atoms with Crippen LogP contribution in [0.1, 0.15) is 90.0 Å². The highest BCUT2D eigenvalue weighted by Gasteiger charge is 2.45. The van der Waals surface area contributed by atoms with E-state index in [2.05, 4.69) is 0 Å². The van der Waals surface area contributed by atoms with E-state index < -0.39 is 57.6 Å². The maximum atomic E-state index is 14.0. The molecule has 0 spiro atoms. The molecule has 0 N–H and O–H groups in total. The van der Waals surface area contributed by atoms with Crippen LogP contribution in [0.25, 0.3) is 62.6 Å². The second-order valence-electron chi connectivity index (χ2n) is 16.6. The molecule has 4 aromatic carbocycles. The number of fused-ring (bicyclic) bond motifs is 13. The summed E-state index contributed by atoms with van der Waals surface area (Å²) >= 11 is 6.05. The van der Waals surface area contributed by atoms with E-state index in [1.54, 1.807) is 34.8 Å². The first-order valence-electron chi connectivity index (χ1n) is 19.2. The molecule has 6 heterocycles. The third-order valence-electron chi connectivity index (χ3n) is 11.9. The predicted molar refractivity (Wildman–Crippen MR) is 235 cm³/mol. The summed E-state index contributed by atoms with van der Waals surface area (Å²) in [5.41, 5.74) is 0.938. The van der Waals surface area contributed by atoms with Gasteiger partial charge in [0, 0.05) is 43.1 Å². The van der Waals surface area contributed by atoms with E-state index in [0.717, 1.165) is 64.3 Å². The largest absolute Gasteiger partial charge is 0.481 e. The van der Waals surface area contributed by atoms with Gasteiger partial charge in [-0.25, -0.2) is 17.6 Å². The van der Waals surface area contributed by atoms with Gasteiger partial charge in [0.05, 0.1) is 40.1 Å². The fraction of sp³-hybridized carbons (Fsp3) is 0.125. The molecular weight excluding hydrogens is 877 g/mol. The van der Waals surface area contributed by atoms with Crippen LogP contribution in [0.15, 0.2) is 71.8 Å². The van der Waals surface area contributed by atoms with Gasteiger partial charge in [0.1, 0.15) is 22.7 Å². The highest BCUT2D eigenvalue weighted by atomic mass is 32.1. The summed E-state index contributed by atoms with van der Waals surface area (Å²) in [6.07, 6.45) is 3.12. The van der Waals surface area contributed by atoms with Gasteiger partial charge in [-0.3, -0.25) is 19.2 Å². The average Bonchev–Trinajstić information content (AvgIpc) is 4.04. The van der Waals surface area contributed by atoms with E-state index in [-0.39, 0.29) is 33.4 Å². The van der Waals surface area contributed by atoms with Crippen molar-refractivity contribution in [3.8, 4) is 31.0 Å². The number of thiophene rings is 4. The Morgan fingerprint density at radius 3 is 1.05 bits per heavy atom. The van der Waals surface area contributed by atoms with Gasteiger partial charge in [-0.15, -0.1) is 45.3 Å². The van der Waals surface area contributed by atoms with Crippen molar-refractivity contribution in [3.63, 3.8) is 0 Å². The second kappa shape index (κ2) is 12.3. The van der Waals surface area contributed by atoms with Gasteiger partial charge < -0.3 is 9.47 Å². The molecule has 4 aromatic heterocycles. The van der Waals surface area contributed by atoms with Crippen molar-refractivity contribution in [1.29, 1.82) is 0 Å². The lowest BCUT2D eigenvalue weighted by Crippen LogP contribution is -2.27. The molecule has 62 heavy (non-hydrogen) atoms. The van der Waals surface area contributed by atoms with Crippen molar-refractivity contribution >= 4 is 112 Å². The van der Waals surface area contributed by atoms with E-state index in [4.69, 9.17) is 9.47 Å². The summed E-state index contributed by atoms with van der Waals surface area (Å²) in [6.45, 7) is 7.99. The van der Waals surface area contributed by atoms with Crippen molar-refractivity contribution < 1.29 is 46.2 Å². The Morgan fingerprint density at radius 2 is 0.742 bits per heavy atom. The number of carbonyl (C=O) groups excluding carboxylic acids is 4. The monoisotopic (exact) mass is 900 g/mol. The molecular formula is C48H24F4O6S4. The minimum atomic E-state index is -1.04. The number of allylic oxidation sites excluding steroid dienone is 2. The van der Waals surface area contributed by atoms with Crippen LogP contribution in [0.4, 0.5) is 17.6 Å². The van der Waals surface area contributed by atoms with Crippen LogP contribution in [0.2, 0.25) is 0 Å². The van der Waals surface area contributed by atoms with Crippen molar-refractivity contribution in [2.45, 2.75) is 38.9 Å². The lowest BCUT2D eigenvalue weighted by molar-refractivity contribution is 0.0975. The van der Waals surface area contributed by atoms with E-state index in [1.807, 2.05) is 39.8 Å². The fourth-order valence-corrected chi connectivity index (χ4v) is 14.9. The predicted octanol–water partition coefficient (Wildman–Crippen LogP) is 13.5. The first kappa shape index (κ1) is 37.7. The van der Waals surface area contributed by atoms with Crippen LogP contribution >= 0.6 is 45.3 Å². The number of halogens is 4. The highest BCUT2D eigenvalue weighted by Crippen LogP contribution is 2.63. The number of carbonyl (C=O) groups is 4. The number of hydrogen-bond donors (Lipinski definition) is 0. The Bertz CT molecular complexity index is 3250. The summed E-state index contributed by atoms with van der Waals surface area (Å²) in [6, 6.07) is 13.4. The molecule has 0 unspecified atom stereocenters. The van der Waals surface area contributed by atoms with Gasteiger partial charge in [-0.1, -0.05) is 0 Å². The Hall–Kier alpha value is -6.06. The number of Topliss-reactive ketones (excluding diaryl/α,β-unsaturated/α-hetero) is 4. The molecule has 6 nitrogen and oxygen atoms in total. The molecule has 0 radical (unpaired) electrons. The number of benzene rings is 4. The Kier molecular flexibility index (Phi) is 7.48. The summed E-state index contributed by atoms with van der Waals surface area (Å²) < 4.78 is 71.5. The molecule has 0 fully saturated rings. The third kappa shape index (κ3) is 5.11. The first-order valence-corrected chi connectivity index (χ1v) is 22.5. The Morgan fingerprint density at radius 1 is 0.435 bits per heavy atom. The van der Waals surface area contributed by atoms with Gasteiger partial charge in [0.25, 0.3) is 0 Å². The van der Waals surface area contributed by atoms with Crippen LogP contribution < -0.4 is 9.47 Å². The molecule has 14 heteroatoms. The van der Waals surface area contributed by atoms with E-state index in [1.165, 1.54) is 46.9 Å². The van der Waals surface area contributed by atoms with Crippen LogP contribution in [0.5, 0.6) is 11.5 Å². The summed E-state index contributed by atoms with van der Waals surface area (Å²) in [5.74, 6) is -4.87. The fourth-order valence-electron chi connectivity index (χ4n) is 9.07. The average molecular weight is 901 g/mol. The molecule has 4 aliphatic rings. The molecule has 304 valence electrons. The number of hydrogen-bond acceptors (Lipinski definition) is 10. The minimum absolute atomic E-state index is 0.0376. The van der Waals surface area contributed by atoms with Gasteiger partial charge in [-0.2, -0.15) is 0 Å². The van der Waals surface area contributed by atoms with Crippen LogP contribution in [0.3, 0.4) is 0 Å². The standard InChI is InChI=1S/C48H24F4O6S4/c1-47(2)35-43(41-33(57-47)15-21(59-41)13-27-37(53)23-5-17-9-29(49)30(50)10-18(17)6-24(23)38(27)54)61-46-36-44(62-45(35)46)42-34(58-48(36,3)4)16-22(60-42)14-28-39(55)25-7-19-11-31(51)32(52)12-20(19)8-26(25)40(28)56/h5-16H,1-4H3. The zero-order valence-electron chi connectivity index (χ0n) is 32.5. The molecule has 0 atom stereocenters. The molecule has 0 saturated carbocycles. The van der Waals surface area contributed by atoms with Crippen molar-refractivity contribution in [1.82, 2.24) is 0 Å². The minimum Gasteiger partial charge on any atom is -0.481 e. The third-order valence-corrected chi connectivity index (χ3v) is 16.9. The lowest BCUT2D eigenvalue weighted by Gasteiger charge is -2.31. The van der Waals surface area contributed by atoms with Gasteiger partial charge in [0.2, 0.25) is 0 Å². The van der Waals surface area contributed by atoms with E-state index >= 15 is 0 Å². The smallest absolute Gasteiger partial charge is 0.197 e. The Balaban J connectivity index is 0.916. The molecule has 2 aliphatic carbocycles. The van der Waals surface area contributed by atoms with E-state index in [9.17, 15) is 36.7 Å². The molecule has 0 amide bonds. The lowest BCUT2D eigenvalue weighted by atomic mass is 9.92. The van der Waals surface area contributed by atoms with Crippen molar-refractivity contribution in [2.24, 2.45) is 0 Å². The maximum absolute atomic E-state index is 14.0. The van der Waals surface area contributed by atoms with Crippen molar-refractivity contribution in [3.05, 3.63) is 138 Å². The normalized spacial score (nSPS) is 16.6.